The molecule has 0 aromatic carbocycles. The van der Waals surface area contributed by atoms with Gasteiger partial charge < -0.3 is 10.2 Å². The fourth-order valence-corrected chi connectivity index (χ4v) is 4.60. The third-order valence-corrected chi connectivity index (χ3v) is 6.86. The predicted octanol–water partition coefficient (Wildman–Crippen LogP) is 0.896. The molecule has 0 spiro atoms. The summed E-state index contributed by atoms with van der Waals surface area (Å²) in [5, 5.41) is 3.06. The van der Waals surface area contributed by atoms with E-state index < -0.39 is 10.0 Å². The molecule has 0 aliphatic carbocycles. The highest BCUT2D eigenvalue weighted by Crippen LogP contribution is 2.20. The van der Waals surface area contributed by atoms with Crippen molar-refractivity contribution >= 4 is 15.9 Å². The lowest BCUT2D eigenvalue weighted by Crippen LogP contribution is -2.44. The number of nitrogens with zero attached hydrogens (tertiary/aromatic N) is 2. The molecule has 23 heavy (non-hydrogen) atoms. The van der Waals surface area contributed by atoms with E-state index in [1.54, 1.807) is 6.92 Å². The molecular weight excluding hydrogens is 314 g/mol. The number of amides is 1. The van der Waals surface area contributed by atoms with Gasteiger partial charge in [0.25, 0.3) is 0 Å². The van der Waals surface area contributed by atoms with E-state index in [9.17, 15) is 13.2 Å². The lowest BCUT2D eigenvalue weighted by Gasteiger charge is -2.30. The Labute approximate surface area is 140 Å². The maximum absolute atomic E-state index is 12.3. The van der Waals surface area contributed by atoms with Crippen molar-refractivity contribution in [2.45, 2.75) is 39.5 Å². The summed E-state index contributed by atoms with van der Waals surface area (Å²) in [6.45, 7) is 8.90. The number of carbonyl (C=O) groups excluding carboxylic acids is 1. The summed E-state index contributed by atoms with van der Waals surface area (Å²) in [7, 11) is -3.11. The van der Waals surface area contributed by atoms with Gasteiger partial charge in [-0.2, -0.15) is 0 Å². The summed E-state index contributed by atoms with van der Waals surface area (Å²) in [5.41, 5.74) is 0. The zero-order chi connectivity index (χ0) is 16.9. The number of piperidine rings is 1. The van der Waals surface area contributed by atoms with Gasteiger partial charge in [-0.25, -0.2) is 12.7 Å². The quantitative estimate of drug-likeness (QED) is 0.744. The van der Waals surface area contributed by atoms with Gasteiger partial charge in [0.1, 0.15) is 0 Å². The summed E-state index contributed by atoms with van der Waals surface area (Å²) in [6.07, 6.45) is 3.84. The number of hydrogen-bond donors (Lipinski definition) is 1. The third kappa shape index (κ3) is 5.43. The zero-order valence-electron chi connectivity index (χ0n) is 14.5. The highest BCUT2D eigenvalue weighted by molar-refractivity contribution is 7.89. The molecule has 0 saturated carbocycles. The summed E-state index contributed by atoms with van der Waals surface area (Å²) in [6, 6.07) is 0. The fraction of sp³-hybridized carbons (Fsp3) is 0.938. The fourth-order valence-electron chi connectivity index (χ4n) is 3.47. The molecule has 2 fully saturated rings. The highest BCUT2D eigenvalue weighted by Gasteiger charge is 2.30. The van der Waals surface area contributed by atoms with Crippen LogP contribution in [0.5, 0.6) is 0 Å². The molecule has 0 bridgehead atoms. The monoisotopic (exact) mass is 345 g/mol. The van der Waals surface area contributed by atoms with Gasteiger partial charge in [0.05, 0.1) is 5.75 Å². The molecule has 1 N–H and O–H groups in total. The van der Waals surface area contributed by atoms with E-state index in [0.717, 1.165) is 6.54 Å². The third-order valence-electron chi connectivity index (χ3n) is 4.98. The summed E-state index contributed by atoms with van der Waals surface area (Å²) in [4.78, 5) is 14.7. The first-order chi connectivity index (χ1) is 10.9. The molecule has 2 rings (SSSR count). The molecule has 0 aromatic heterocycles. The van der Waals surface area contributed by atoms with Crippen molar-refractivity contribution in [3.63, 3.8) is 0 Å². The lowest BCUT2D eigenvalue weighted by atomic mass is 9.97. The number of carbonyl (C=O) groups is 1. The molecule has 1 amide bonds. The topological polar surface area (TPSA) is 69.7 Å². The average Bonchev–Trinajstić information content (AvgIpc) is 3.05. The van der Waals surface area contributed by atoms with Crippen LogP contribution in [0.25, 0.3) is 0 Å². The maximum atomic E-state index is 12.3. The van der Waals surface area contributed by atoms with Crippen molar-refractivity contribution in [2.24, 2.45) is 11.8 Å². The minimum atomic E-state index is -3.11. The van der Waals surface area contributed by atoms with Crippen LogP contribution in [0.2, 0.25) is 0 Å². The predicted molar refractivity (Wildman–Crippen MR) is 91.6 cm³/mol. The number of sulfonamides is 1. The van der Waals surface area contributed by atoms with E-state index in [2.05, 4.69) is 17.1 Å². The van der Waals surface area contributed by atoms with Gasteiger partial charge in [0.2, 0.25) is 15.9 Å². The highest BCUT2D eigenvalue weighted by atomic mass is 32.2. The van der Waals surface area contributed by atoms with Crippen LogP contribution in [-0.4, -0.2) is 68.6 Å². The first-order valence-electron chi connectivity index (χ1n) is 8.90. The Morgan fingerprint density at radius 3 is 2.35 bits per heavy atom. The smallest absolute Gasteiger partial charge is 0.223 e. The first kappa shape index (κ1) is 18.7. The van der Waals surface area contributed by atoms with Crippen LogP contribution in [0.1, 0.15) is 39.5 Å². The van der Waals surface area contributed by atoms with Crippen molar-refractivity contribution in [1.82, 2.24) is 14.5 Å². The largest absolute Gasteiger partial charge is 0.356 e. The molecule has 1 atom stereocenters. The van der Waals surface area contributed by atoms with Crippen LogP contribution in [0.15, 0.2) is 0 Å². The Kier molecular flexibility index (Phi) is 6.85. The Morgan fingerprint density at radius 1 is 1.17 bits per heavy atom. The minimum Gasteiger partial charge on any atom is -0.356 e. The Bertz CT molecular complexity index is 481. The first-order valence-corrected chi connectivity index (χ1v) is 10.5. The number of likely N-dealkylation sites (tertiary alicyclic amines) is 1. The van der Waals surface area contributed by atoms with E-state index in [4.69, 9.17) is 0 Å². The van der Waals surface area contributed by atoms with Crippen LogP contribution < -0.4 is 5.32 Å². The van der Waals surface area contributed by atoms with Gasteiger partial charge in [0, 0.05) is 32.1 Å². The van der Waals surface area contributed by atoms with E-state index >= 15 is 0 Å². The molecule has 2 saturated heterocycles. The van der Waals surface area contributed by atoms with Crippen LogP contribution in [0.4, 0.5) is 0 Å². The lowest BCUT2D eigenvalue weighted by molar-refractivity contribution is -0.126. The molecule has 2 aliphatic rings. The second kappa shape index (κ2) is 8.44. The van der Waals surface area contributed by atoms with Crippen LogP contribution in [0, 0.1) is 11.8 Å². The van der Waals surface area contributed by atoms with Crippen LogP contribution in [0.3, 0.4) is 0 Å². The Morgan fingerprint density at radius 2 is 1.78 bits per heavy atom. The molecule has 2 heterocycles. The van der Waals surface area contributed by atoms with E-state index in [1.807, 2.05) is 0 Å². The second-order valence-corrected chi connectivity index (χ2v) is 9.19. The molecule has 0 unspecified atom stereocenters. The second-order valence-electron chi connectivity index (χ2n) is 6.93. The maximum Gasteiger partial charge on any atom is 0.223 e. The van der Waals surface area contributed by atoms with Gasteiger partial charge >= 0.3 is 0 Å². The van der Waals surface area contributed by atoms with Crippen molar-refractivity contribution in [2.75, 3.05) is 45.0 Å². The van der Waals surface area contributed by atoms with E-state index in [0.29, 0.717) is 38.4 Å². The number of rotatable bonds is 7. The van der Waals surface area contributed by atoms with Gasteiger partial charge in [0.15, 0.2) is 0 Å². The molecule has 0 aromatic rings. The summed E-state index contributed by atoms with van der Waals surface area (Å²) in [5.74, 6) is 0.638. The summed E-state index contributed by atoms with van der Waals surface area (Å²) < 4.78 is 25.2. The Hall–Kier alpha value is -0.660. The SMILES string of the molecule is CCS(=O)(=O)N1CCC(C(=O)NC[C@H](C)CN2CCCC2)CC1. The molecule has 6 nitrogen and oxygen atoms in total. The molecule has 2 aliphatic heterocycles. The zero-order valence-corrected chi connectivity index (χ0v) is 15.3. The summed E-state index contributed by atoms with van der Waals surface area (Å²) >= 11 is 0. The molecular formula is C16H31N3O3S. The molecule has 0 radical (unpaired) electrons. The van der Waals surface area contributed by atoms with Gasteiger partial charge in [-0.05, 0) is 51.6 Å². The van der Waals surface area contributed by atoms with Gasteiger partial charge in [-0.3, -0.25) is 4.79 Å². The van der Waals surface area contributed by atoms with Gasteiger partial charge in [-0.15, -0.1) is 0 Å². The van der Waals surface area contributed by atoms with Crippen LogP contribution >= 0.6 is 0 Å². The van der Waals surface area contributed by atoms with Crippen molar-refractivity contribution in [1.29, 1.82) is 0 Å². The number of hydrogen-bond acceptors (Lipinski definition) is 4. The standard InChI is InChI=1S/C16H31N3O3S/c1-3-23(21,22)19-10-6-15(7-11-19)16(20)17-12-14(2)13-18-8-4-5-9-18/h14-15H,3-13H2,1-2H3,(H,17,20)/t14-/m0/s1. The Balaban J connectivity index is 1.68. The molecule has 134 valence electrons. The number of nitrogens with one attached hydrogen (secondary N) is 1. The van der Waals surface area contributed by atoms with Crippen molar-refractivity contribution in [3.05, 3.63) is 0 Å². The average molecular weight is 346 g/mol. The van der Waals surface area contributed by atoms with Crippen molar-refractivity contribution in [3.8, 4) is 0 Å². The van der Waals surface area contributed by atoms with Crippen LogP contribution in [-0.2, 0) is 14.8 Å². The normalized spacial score (nSPS) is 23.0. The molecule has 7 heteroatoms. The van der Waals surface area contributed by atoms with E-state index in [-0.39, 0.29) is 17.6 Å². The van der Waals surface area contributed by atoms with Gasteiger partial charge in [-0.1, -0.05) is 6.92 Å². The minimum absolute atomic E-state index is 0.0442. The van der Waals surface area contributed by atoms with E-state index in [1.165, 1.54) is 30.2 Å². The van der Waals surface area contributed by atoms with Crippen molar-refractivity contribution < 1.29 is 13.2 Å².